The molecule has 19 heavy (non-hydrogen) atoms. The van der Waals surface area contributed by atoms with Crippen molar-refractivity contribution < 1.29 is 17.9 Å². The maximum absolute atomic E-state index is 12.5. The van der Waals surface area contributed by atoms with Crippen LogP contribution >= 0.6 is 0 Å². The highest BCUT2D eigenvalue weighted by Gasteiger charge is 2.40. The monoisotopic (exact) mass is 283 g/mol. The normalized spacial score (nSPS) is 20.4. The van der Waals surface area contributed by atoms with E-state index in [-0.39, 0.29) is 4.90 Å². The predicted molar refractivity (Wildman–Crippen MR) is 70.1 cm³/mol. The van der Waals surface area contributed by atoms with Crippen LogP contribution in [0.1, 0.15) is 18.4 Å². The second kappa shape index (κ2) is 5.30. The number of carbonyl (C=O) groups is 1. The van der Waals surface area contributed by atoms with Gasteiger partial charge in [0.1, 0.15) is 6.04 Å². The number of benzene rings is 1. The Morgan fingerprint density at radius 2 is 2.16 bits per heavy atom. The number of aryl methyl sites for hydroxylation is 1. The first-order valence-corrected chi connectivity index (χ1v) is 7.57. The zero-order valence-corrected chi connectivity index (χ0v) is 11.8. The SMILES string of the molecule is COC(=O)C1CCCN1S(=O)(=O)c1cccc(C)c1. The van der Waals surface area contributed by atoms with Gasteiger partial charge in [0.25, 0.3) is 0 Å². The van der Waals surface area contributed by atoms with Crippen LogP contribution in [-0.4, -0.2) is 38.4 Å². The standard InChI is InChI=1S/C13H17NO4S/c1-10-5-3-6-11(9-10)19(16,17)14-8-4-7-12(14)13(15)18-2/h3,5-6,9,12H,4,7-8H2,1-2H3. The summed E-state index contributed by atoms with van der Waals surface area (Å²) in [5.41, 5.74) is 0.870. The molecule has 1 saturated heterocycles. The van der Waals surface area contributed by atoms with Gasteiger partial charge in [-0.25, -0.2) is 8.42 Å². The molecule has 1 aromatic carbocycles. The zero-order valence-electron chi connectivity index (χ0n) is 11.0. The van der Waals surface area contributed by atoms with Gasteiger partial charge in [-0.15, -0.1) is 0 Å². The van der Waals surface area contributed by atoms with Crippen LogP contribution in [-0.2, 0) is 19.6 Å². The molecule has 104 valence electrons. The Bertz CT molecular complexity index is 582. The fourth-order valence-electron chi connectivity index (χ4n) is 2.31. The topological polar surface area (TPSA) is 63.7 Å². The molecule has 0 bridgehead atoms. The maximum Gasteiger partial charge on any atom is 0.324 e. The molecule has 1 unspecified atom stereocenters. The molecule has 0 N–H and O–H groups in total. The average molecular weight is 283 g/mol. The number of methoxy groups -OCH3 is 1. The quantitative estimate of drug-likeness (QED) is 0.785. The number of esters is 1. The van der Waals surface area contributed by atoms with Crippen molar-refractivity contribution in [2.45, 2.75) is 30.7 Å². The van der Waals surface area contributed by atoms with E-state index >= 15 is 0 Å². The third-order valence-corrected chi connectivity index (χ3v) is 5.18. The van der Waals surface area contributed by atoms with E-state index in [0.29, 0.717) is 19.4 Å². The average Bonchev–Trinajstić information content (AvgIpc) is 2.87. The Labute approximate surface area is 113 Å². The second-order valence-electron chi connectivity index (χ2n) is 4.61. The molecule has 1 aromatic rings. The van der Waals surface area contributed by atoms with Crippen LogP contribution in [0.25, 0.3) is 0 Å². The molecule has 2 rings (SSSR count). The molecule has 0 saturated carbocycles. The van der Waals surface area contributed by atoms with Gasteiger partial charge in [0.2, 0.25) is 10.0 Å². The van der Waals surface area contributed by atoms with Crippen LogP contribution in [0.4, 0.5) is 0 Å². The van der Waals surface area contributed by atoms with Crippen LogP contribution in [0.5, 0.6) is 0 Å². The molecule has 0 aliphatic carbocycles. The lowest BCUT2D eigenvalue weighted by Gasteiger charge is -2.22. The number of hydrogen-bond acceptors (Lipinski definition) is 4. The Morgan fingerprint density at radius 1 is 1.42 bits per heavy atom. The summed E-state index contributed by atoms with van der Waals surface area (Å²) in [5, 5.41) is 0. The molecule has 1 fully saturated rings. The fraction of sp³-hybridized carbons (Fsp3) is 0.462. The minimum absolute atomic E-state index is 0.225. The molecular weight excluding hydrogens is 266 g/mol. The van der Waals surface area contributed by atoms with E-state index in [2.05, 4.69) is 4.74 Å². The Hall–Kier alpha value is -1.40. The van der Waals surface area contributed by atoms with Crippen LogP contribution in [0.3, 0.4) is 0 Å². The van der Waals surface area contributed by atoms with Crippen molar-refractivity contribution in [2.75, 3.05) is 13.7 Å². The molecule has 1 aliphatic rings. The number of carbonyl (C=O) groups excluding carboxylic acids is 1. The zero-order chi connectivity index (χ0) is 14.0. The van der Waals surface area contributed by atoms with Gasteiger partial charge in [-0.2, -0.15) is 4.31 Å². The minimum atomic E-state index is -3.63. The molecule has 0 spiro atoms. The van der Waals surface area contributed by atoms with Crippen molar-refractivity contribution >= 4 is 16.0 Å². The molecule has 5 nitrogen and oxygen atoms in total. The Morgan fingerprint density at radius 3 is 2.79 bits per heavy atom. The lowest BCUT2D eigenvalue weighted by Crippen LogP contribution is -2.41. The first-order chi connectivity index (χ1) is 8.96. The largest absolute Gasteiger partial charge is 0.468 e. The first kappa shape index (κ1) is 14.0. The van der Waals surface area contributed by atoms with Gasteiger partial charge in [-0.3, -0.25) is 4.79 Å². The van der Waals surface area contributed by atoms with Crippen molar-refractivity contribution in [3.05, 3.63) is 29.8 Å². The highest BCUT2D eigenvalue weighted by atomic mass is 32.2. The summed E-state index contributed by atoms with van der Waals surface area (Å²) in [4.78, 5) is 11.9. The summed E-state index contributed by atoms with van der Waals surface area (Å²) in [7, 11) is -2.36. The van der Waals surface area contributed by atoms with Crippen molar-refractivity contribution in [1.82, 2.24) is 4.31 Å². The van der Waals surface area contributed by atoms with E-state index in [1.165, 1.54) is 11.4 Å². The summed E-state index contributed by atoms with van der Waals surface area (Å²) in [6.07, 6.45) is 1.18. The fourth-order valence-corrected chi connectivity index (χ4v) is 4.06. The summed E-state index contributed by atoms with van der Waals surface area (Å²) >= 11 is 0. The van der Waals surface area contributed by atoms with Gasteiger partial charge in [0.05, 0.1) is 12.0 Å². The molecule has 6 heteroatoms. The molecular formula is C13H17NO4S. The number of hydrogen-bond donors (Lipinski definition) is 0. The highest BCUT2D eigenvalue weighted by molar-refractivity contribution is 7.89. The smallest absolute Gasteiger partial charge is 0.324 e. The van der Waals surface area contributed by atoms with Gasteiger partial charge in [-0.05, 0) is 37.5 Å². The van der Waals surface area contributed by atoms with Crippen molar-refractivity contribution in [3.8, 4) is 0 Å². The van der Waals surface area contributed by atoms with E-state index in [9.17, 15) is 13.2 Å². The van der Waals surface area contributed by atoms with Gasteiger partial charge < -0.3 is 4.74 Å². The van der Waals surface area contributed by atoms with Gasteiger partial charge in [0.15, 0.2) is 0 Å². The first-order valence-electron chi connectivity index (χ1n) is 6.13. The van der Waals surface area contributed by atoms with E-state index in [4.69, 9.17) is 0 Å². The van der Waals surface area contributed by atoms with Crippen molar-refractivity contribution in [2.24, 2.45) is 0 Å². The maximum atomic E-state index is 12.5. The van der Waals surface area contributed by atoms with Crippen LogP contribution in [0, 0.1) is 6.92 Å². The lowest BCUT2D eigenvalue weighted by atomic mass is 10.2. The molecule has 0 radical (unpaired) electrons. The number of nitrogens with zero attached hydrogens (tertiary/aromatic N) is 1. The van der Waals surface area contributed by atoms with Gasteiger partial charge >= 0.3 is 5.97 Å². The van der Waals surface area contributed by atoms with Crippen molar-refractivity contribution in [3.63, 3.8) is 0 Å². The molecule has 0 aromatic heterocycles. The highest BCUT2D eigenvalue weighted by Crippen LogP contribution is 2.27. The van der Waals surface area contributed by atoms with Crippen molar-refractivity contribution in [1.29, 1.82) is 0 Å². The van der Waals surface area contributed by atoms with Crippen LogP contribution in [0.15, 0.2) is 29.2 Å². The van der Waals surface area contributed by atoms with Gasteiger partial charge in [-0.1, -0.05) is 12.1 Å². The number of ether oxygens (including phenoxy) is 1. The predicted octanol–water partition coefficient (Wildman–Crippen LogP) is 1.32. The molecule has 1 atom stereocenters. The summed E-state index contributed by atoms with van der Waals surface area (Å²) in [5.74, 6) is -0.492. The molecule has 1 heterocycles. The van der Waals surface area contributed by atoms with E-state index < -0.39 is 22.0 Å². The molecule has 1 aliphatic heterocycles. The van der Waals surface area contributed by atoms with E-state index in [1.807, 2.05) is 13.0 Å². The molecule has 0 amide bonds. The van der Waals surface area contributed by atoms with Crippen LogP contribution < -0.4 is 0 Å². The Balaban J connectivity index is 2.36. The summed E-state index contributed by atoms with van der Waals surface area (Å²) in [6.45, 7) is 2.19. The minimum Gasteiger partial charge on any atom is -0.468 e. The number of rotatable bonds is 3. The van der Waals surface area contributed by atoms with E-state index in [0.717, 1.165) is 5.56 Å². The van der Waals surface area contributed by atoms with E-state index in [1.54, 1.807) is 18.2 Å². The summed E-state index contributed by atoms with van der Waals surface area (Å²) < 4.78 is 31.0. The summed E-state index contributed by atoms with van der Waals surface area (Å²) in [6, 6.07) is 6.00. The van der Waals surface area contributed by atoms with Crippen LogP contribution in [0.2, 0.25) is 0 Å². The lowest BCUT2D eigenvalue weighted by molar-refractivity contribution is -0.144. The Kier molecular flexibility index (Phi) is 3.91. The van der Waals surface area contributed by atoms with Gasteiger partial charge in [0, 0.05) is 6.54 Å². The third kappa shape index (κ3) is 2.64. The third-order valence-electron chi connectivity index (χ3n) is 3.27. The second-order valence-corrected chi connectivity index (χ2v) is 6.50. The number of sulfonamides is 1.